The summed E-state index contributed by atoms with van der Waals surface area (Å²) in [5.41, 5.74) is -1.16. The Morgan fingerprint density at radius 2 is 1.69 bits per heavy atom. The predicted molar refractivity (Wildman–Crippen MR) is 96.5 cm³/mol. The predicted octanol–water partition coefficient (Wildman–Crippen LogP) is 0.960. The van der Waals surface area contributed by atoms with E-state index in [4.69, 9.17) is 18.9 Å². The Morgan fingerprint density at radius 1 is 1.07 bits per heavy atom. The Balaban J connectivity index is 1.72. The molecule has 0 aromatic heterocycles. The molecule has 0 N–H and O–H groups in total. The fourth-order valence-electron chi connectivity index (χ4n) is 4.20. The molecule has 2 fully saturated rings. The molecule has 0 spiro atoms. The minimum atomic E-state index is -1.55. The molecule has 1 aromatic carbocycles. The van der Waals surface area contributed by atoms with Crippen molar-refractivity contribution in [2.45, 2.75) is 31.8 Å². The lowest BCUT2D eigenvalue weighted by molar-refractivity contribution is -0.226. The number of ether oxygens (including phenoxy) is 4. The van der Waals surface area contributed by atoms with Crippen molar-refractivity contribution in [1.29, 1.82) is 0 Å². The van der Waals surface area contributed by atoms with Gasteiger partial charge in [0, 0.05) is 13.8 Å². The van der Waals surface area contributed by atoms with Crippen molar-refractivity contribution in [3.8, 4) is 5.75 Å². The van der Waals surface area contributed by atoms with Crippen molar-refractivity contribution in [2.24, 2.45) is 11.8 Å². The largest absolute Gasteiger partial charge is 0.497 e. The van der Waals surface area contributed by atoms with Gasteiger partial charge in [-0.1, -0.05) is 6.08 Å². The number of anilines is 1. The number of amides is 2. The first kappa shape index (κ1) is 19.1. The van der Waals surface area contributed by atoms with Gasteiger partial charge in [0.15, 0.2) is 5.60 Å². The molecule has 9 heteroatoms. The number of methoxy groups -OCH3 is 1. The van der Waals surface area contributed by atoms with E-state index >= 15 is 0 Å². The van der Waals surface area contributed by atoms with Gasteiger partial charge in [-0.15, -0.1) is 0 Å². The second kappa shape index (κ2) is 6.70. The third-order valence-corrected chi connectivity index (χ3v) is 5.32. The van der Waals surface area contributed by atoms with Crippen LogP contribution in [0.1, 0.15) is 13.8 Å². The van der Waals surface area contributed by atoms with Crippen molar-refractivity contribution >= 4 is 29.4 Å². The number of imide groups is 1. The Morgan fingerprint density at radius 3 is 2.24 bits per heavy atom. The van der Waals surface area contributed by atoms with Crippen LogP contribution in [0.5, 0.6) is 5.75 Å². The molecule has 0 unspecified atom stereocenters. The van der Waals surface area contributed by atoms with E-state index in [1.165, 1.54) is 13.2 Å². The molecule has 2 bridgehead atoms. The van der Waals surface area contributed by atoms with Crippen LogP contribution >= 0.6 is 0 Å². The van der Waals surface area contributed by atoms with Crippen LogP contribution in [0.3, 0.4) is 0 Å². The summed E-state index contributed by atoms with van der Waals surface area (Å²) in [4.78, 5) is 50.6. The summed E-state index contributed by atoms with van der Waals surface area (Å²) < 4.78 is 21.4. The first-order valence-electron chi connectivity index (χ1n) is 9.02. The van der Waals surface area contributed by atoms with Gasteiger partial charge >= 0.3 is 11.9 Å². The van der Waals surface area contributed by atoms with Gasteiger partial charge in [-0.3, -0.25) is 19.2 Å². The summed E-state index contributed by atoms with van der Waals surface area (Å²) in [5, 5.41) is 0. The molecule has 3 heterocycles. The standard InChI is InChI=1S/C20H19NO8/c1-10(22)27-19(28-11(2)23)20-9-8-14(29-20)15-16(20)18(25)21(17(15)24)12-4-6-13(26-3)7-5-12/h4-9,14-16,19H,1-3H3/t14-,15-,16+,20+/m0/s1. The summed E-state index contributed by atoms with van der Waals surface area (Å²) in [6.45, 7) is 2.31. The number of rotatable bonds is 5. The molecule has 1 aromatic rings. The Hall–Kier alpha value is -3.20. The monoisotopic (exact) mass is 401 g/mol. The highest BCUT2D eigenvalue weighted by Gasteiger charge is 2.72. The number of carbonyl (C=O) groups is 4. The van der Waals surface area contributed by atoms with Crippen LogP contribution in [0.15, 0.2) is 36.4 Å². The lowest BCUT2D eigenvalue weighted by atomic mass is 9.76. The Labute approximate surface area is 166 Å². The van der Waals surface area contributed by atoms with E-state index in [0.717, 1.165) is 18.7 Å². The topological polar surface area (TPSA) is 108 Å². The minimum absolute atomic E-state index is 0.390. The Bertz CT molecular complexity index is 907. The van der Waals surface area contributed by atoms with E-state index in [2.05, 4.69) is 0 Å². The molecule has 29 heavy (non-hydrogen) atoms. The van der Waals surface area contributed by atoms with Crippen LogP contribution in [-0.2, 0) is 33.4 Å². The van der Waals surface area contributed by atoms with E-state index in [9.17, 15) is 19.2 Å². The van der Waals surface area contributed by atoms with Crippen LogP contribution in [0.4, 0.5) is 5.69 Å². The summed E-state index contributed by atoms with van der Waals surface area (Å²) in [6, 6.07) is 6.50. The van der Waals surface area contributed by atoms with Crippen LogP contribution in [0, 0.1) is 11.8 Å². The minimum Gasteiger partial charge on any atom is -0.497 e. The molecular weight excluding hydrogens is 382 g/mol. The fraction of sp³-hybridized carbons (Fsp3) is 0.400. The normalized spacial score (nSPS) is 29.4. The highest BCUT2D eigenvalue weighted by atomic mass is 16.7. The summed E-state index contributed by atoms with van der Waals surface area (Å²) in [7, 11) is 1.51. The van der Waals surface area contributed by atoms with Crippen molar-refractivity contribution in [1.82, 2.24) is 0 Å². The molecule has 0 radical (unpaired) electrons. The molecule has 9 nitrogen and oxygen atoms in total. The van der Waals surface area contributed by atoms with E-state index in [1.807, 2.05) is 0 Å². The third kappa shape index (κ3) is 2.80. The van der Waals surface area contributed by atoms with Gasteiger partial charge in [0.25, 0.3) is 6.29 Å². The van der Waals surface area contributed by atoms with Gasteiger partial charge in [-0.2, -0.15) is 0 Å². The first-order chi connectivity index (χ1) is 13.8. The first-order valence-corrected chi connectivity index (χ1v) is 9.02. The lowest BCUT2D eigenvalue weighted by Gasteiger charge is -2.34. The number of nitrogens with zero attached hydrogens (tertiary/aromatic N) is 1. The molecule has 3 aliphatic heterocycles. The maximum atomic E-state index is 13.3. The van der Waals surface area contributed by atoms with Crippen molar-refractivity contribution < 1.29 is 38.1 Å². The molecular formula is C20H19NO8. The molecule has 4 atom stereocenters. The van der Waals surface area contributed by atoms with Gasteiger partial charge in [0.2, 0.25) is 11.8 Å². The fourth-order valence-corrected chi connectivity index (χ4v) is 4.20. The number of hydrogen-bond donors (Lipinski definition) is 0. The number of esters is 2. The zero-order valence-corrected chi connectivity index (χ0v) is 16.0. The SMILES string of the molecule is COc1ccc(N2C(=O)[C@H]3[C@@H]4C=C[C@@](C(OC(C)=O)OC(C)=O)(O4)[C@H]3C2=O)cc1. The van der Waals surface area contributed by atoms with E-state index < -0.39 is 53.6 Å². The van der Waals surface area contributed by atoms with Gasteiger partial charge in [-0.25, -0.2) is 4.90 Å². The number of fused-ring (bicyclic) bond motifs is 5. The van der Waals surface area contributed by atoms with E-state index in [0.29, 0.717) is 11.4 Å². The smallest absolute Gasteiger partial charge is 0.305 e. The molecule has 0 aliphatic carbocycles. The van der Waals surface area contributed by atoms with Gasteiger partial charge < -0.3 is 18.9 Å². The van der Waals surface area contributed by atoms with Gasteiger partial charge in [-0.05, 0) is 30.3 Å². The highest BCUT2D eigenvalue weighted by molar-refractivity contribution is 6.23. The summed E-state index contributed by atoms with van der Waals surface area (Å²) in [5.74, 6) is -3.57. The van der Waals surface area contributed by atoms with Crippen molar-refractivity contribution in [3.05, 3.63) is 36.4 Å². The molecule has 0 saturated carbocycles. The van der Waals surface area contributed by atoms with E-state index in [-0.39, 0.29) is 0 Å². The van der Waals surface area contributed by atoms with Crippen LogP contribution in [0.2, 0.25) is 0 Å². The van der Waals surface area contributed by atoms with Crippen LogP contribution in [0.25, 0.3) is 0 Å². The second-order valence-corrected chi connectivity index (χ2v) is 7.06. The van der Waals surface area contributed by atoms with Gasteiger partial charge in [0.05, 0.1) is 30.7 Å². The van der Waals surface area contributed by atoms with Crippen LogP contribution < -0.4 is 9.64 Å². The molecule has 152 valence electrons. The average molecular weight is 401 g/mol. The third-order valence-electron chi connectivity index (χ3n) is 5.32. The number of carbonyl (C=O) groups excluding carboxylic acids is 4. The maximum absolute atomic E-state index is 13.3. The van der Waals surface area contributed by atoms with E-state index in [1.54, 1.807) is 30.3 Å². The zero-order chi connectivity index (χ0) is 20.9. The summed E-state index contributed by atoms with van der Waals surface area (Å²) >= 11 is 0. The quantitative estimate of drug-likeness (QED) is 0.311. The van der Waals surface area contributed by atoms with Crippen molar-refractivity contribution in [3.63, 3.8) is 0 Å². The lowest BCUT2D eigenvalue weighted by Crippen LogP contribution is -2.52. The van der Waals surface area contributed by atoms with Gasteiger partial charge in [0.1, 0.15) is 5.75 Å². The summed E-state index contributed by atoms with van der Waals surface area (Å²) in [6.07, 6.45) is 0.997. The number of hydrogen-bond acceptors (Lipinski definition) is 8. The van der Waals surface area contributed by atoms with Crippen LogP contribution in [-0.4, -0.2) is 48.9 Å². The average Bonchev–Trinajstić information content (AvgIpc) is 3.32. The zero-order valence-electron chi connectivity index (χ0n) is 16.0. The second-order valence-electron chi connectivity index (χ2n) is 7.06. The molecule has 4 rings (SSSR count). The highest BCUT2D eigenvalue weighted by Crippen LogP contribution is 2.54. The Kier molecular flexibility index (Phi) is 4.42. The number of benzene rings is 1. The molecule has 2 amide bonds. The maximum Gasteiger partial charge on any atom is 0.305 e. The molecule has 3 aliphatic rings. The van der Waals surface area contributed by atoms with Crippen molar-refractivity contribution in [2.75, 3.05) is 12.0 Å². The molecule has 2 saturated heterocycles.